The van der Waals surface area contributed by atoms with Crippen molar-refractivity contribution in [1.82, 2.24) is 20.2 Å². The smallest absolute Gasteiger partial charge is 0.277 e. The molecule has 0 aliphatic rings. The Kier molecular flexibility index (Phi) is 4.60. The van der Waals surface area contributed by atoms with Crippen molar-refractivity contribution in [3.63, 3.8) is 0 Å². The summed E-state index contributed by atoms with van der Waals surface area (Å²) >= 11 is 2.85. The quantitative estimate of drug-likeness (QED) is 0.396. The van der Waals surface area contributed by atoms with E-state index in [4.69, 9.17) is 4.42 Å². The molecule has 0 amide bonds. The van der Waals surface area contributed by atoms with Crippen molar-refractivity contribution in [2.24, 2.45) is 0 Å². The molecule has 0 fully saturated rings. The van der Waals surface area contributed by atoms with Crippen LogP contribution in [0.1, 0.15) is 32.6 Å². The first-order chi connectivity index (χ1) is 12.6. The molecule has 132 valence electrons. The molecule has 8 heteroatoms. The number of hydrogen-bond acceptors (Lipinski definition) is 7. The van der Waals surface area contributed by atoms with Gasteiger partial charge in [-0.15, -0.1) is 21.5 Å². The third-order valence-electron chi connectivity index (χ3n) is 3.95. The highest BCUT2D eigenvalue weighted by Gasteiger charge is 2.17. The van der Waals surface area contributed by atoms with E-state index in [1.54, 1.807) is 11.3 Å². The second-order valence-electron chi connectivity index (χ2n) is 5.88. The fourth-order valence-corrected chi connectivity index (χ4v) is 4.11. The average Bonchev–Trinajstić information content (AvgIpc) is 3.31. The first-order valence-corrected chi connectivity index (χ1v) is 9.93. The number of benzene rings is 1. The number of carbonyl (C=O) groups excluding carboxylic acids is 1. The SMILES string of the molecule is Cc1nc(Cc2nnc(SCC(=O)c3c(C)[nH]c4ccccc34)o2)cs1. The second kappa shape index (κ2) is 7.05. The van der Waals surface area contributed by atoms with E-state index < -0.39 is 0 Å². The zero-order chi connectivity index (χ0) is 18.1. The molecule has 1 N–H and O–H groups in total. The lowest BCUT2D eigenvalue weighted by Crippen LogP contribution is -2.03. The highest BCUT2D eigenvalue weighted by molar-refractivity contribution is 7.99. The Bertz CT molecular complexity index is 1080. The summed E-state index contributed by atoms with van der Waals surface area (Å²) < 4.78 is 5.63. The predicted molar refractivity (Wildman–Crippen MR) is 102 cm³/mol. The molecule has 26 heavy (non-hydrogen) atoms. The van der Waals surface area contributed by atoms with E-state index in [2.05, 4.69) is 20.2 Å². The molecule has 0 spiro atoms. The molecule has 4 rings (SSSR count). The molecule has 0 aliphatic carbocycles. The fourth-order valence-electron chi connectivity index (χ4n) is 2.85. The van der Waals surface area contributed by atoms with Crippen molar-refractivity contribution in [3.8, 4) is 0 Å². The Balaban J connectivity index is 1.44. The minimum absolute atomic E-state index is 0.0415. The summed E-state index contributed by atoms with van der Waals surface area (Å²) in [5, 5.41) is 12.4. The maximum Gasteiger partial charge on any atom is 0.277 e. The maximum atomic E-state index is 12.7. The summed E-state index contributed by atoms with van der Waals surface area (Å²) in [6, 6.07) is 7.81. The number of thiazole rings is 1. The largest absolute Gasteiger partial charge is 0.416 e. The number of para-hydroxylation sites is 1. The lowest BCUT2D eigenvalue weighted by atomic mass is 10.1. The fraction of sp³-hybridized carbons (Fsp3) is 0.222. The van der Waals surface area contributed by atoms with Crippen LogP contribution in [0.15, 0.2) is 39.3 Å². The van der Waals surface area contributed by atoms with Gasteiger partial charge >= 0.3 is 0 Å². The number of nitrogens with one attached hydrogen (secondary N) is 1. The Morgan fingerprint density at radius 1 is 1.27 bits per heavy atom. The van der Waals surface area contributed by atoms with E-state index >= 15 is 0 Å². The molecule has 6 nitrogen and oxygen atoms in total. The van der Waals surface area contributed by atoms with Crippen molar-refractivity contribution in [2.75, 3.05) is 5.75 Å². The molecule has 0 bridgehead atoms. The lowest BCUT2D eigenvalue weighted by molar-refractivity contribution is 0.102. The predicted octanol–water partition coefficient (Wildman–Crippen LogP) is 4.19. The molecule has 3 aromatic heterocycles. The number of carbonyl (C=O) groups is 1. The number of rotatable bonds is 6. The summed E-state index contributed by atoms with van der Waals surface area (Å²) in [6.45, 7) is 3.88. The van der Waals surface area contributed by atoms with Crippen molar-refractivity contribution in [1.29, 1.82) is 0 Å². The number of aryl methyl sites for hydroxylation is 2. The summed E-state index contributed by atoms with van der Waals surface area (Å²) in [6.07, 6.45) is 0.507. The third kappa shape index (κ3) is 3.42. The number of aromatic amines is 1. The second-order valence-corrected chi connectivity index (χ2v) is 7.87. The molecule has 0 saturated carbocycles. The van der Waals surface area contributed by atoms with Crippen LogP contribution in [0.3, 0.4) is 0 Å². The molecule has 0 saturated heterocycles. The molecule has 1 aromatic carbocycles. The van der Waals surface area contributed by atoms with Gasteiger partial charge < -0.3 is 9.40 Å². The standard InChI is InChI=1S/C18H16N4O2S2/c1-10-17(13-5-3-4-6-14(13)19-10)15(23)9-26-18-22-21-16(24-18)7-12-8-25-11(2)20-12/h3-6,8,19H,7,9H2,1-2H3. The minimum atomic E-state index is 0.0415. The van der Waals surface area contributed by atoms with Crippen molar-refractivity contribution in [2.45, 2.75) is 25.5 Å². The number of nitrogens with zero attached hydrogens (tertiary/aromatic N) is 3. The van der Waals surface area contributed by atoms with Crippen LogP contribution in [0.5, 0.6) is 0 Å². The van der Waals surface area contributed by atoms with E-state index in [1.807, 2.05) is 43.5 Å². The molecular formula is C18H16N4O2S2. The van der Waals surface area contributed by atoms with Gasteiger partial charge in [-0.2, -0.15) is 0 Å². The Labute approximate surface area is 158 Å². The molecule has 0 aliphatic heterocycles. The number of aromatic nitrogens is 4. The topological polar surface area (TPSA) is 84.7 Å². The zero-order valence-corrected chi connectivity index (χ0v) is 15.9. The number of H-pyrrole nitrogens is 1. The first-order valence-electron chi connectivity index (χ1n) is 8.07. The molecule has 0 atom stereocenters. The van der Waals surface area contributed by atoms with E-state index in [-0.39, 0.29) is 11.5 Å². The highest BCUT2D eigenvalue weighted by Crippen LogP contribution is 2.25. The zero-order valence-electron chi connectivity index (χ0n) is 14.3. The van der Waals surface area contributed by atoms with Crippen LogP contribution in [-0.2, 0) is 6.42 Å². The van der Waals surface area contributed by atoms with E-state index in [0.717, 1.165) is 32.9 Å². The summed E-state index contributed by atoms with van der Waals surface area (Å²) in [7, 11) is 0. The van der Waals surface area contributed by atoms with Crippen molar-refractivity contribution in [3.05, 3.63) is 57.5 Å². The van der Waals surface area contributed by atoms with Gasteiger partial charge in [-0.1, -0.05) is 30.0 Å². The van der Waals surface area contributed by atoms with Crippen LogP contribution in [0.25, 0.3) is 10.9 Å². The van der Waals surface area contributed by atoms with Gasteiger partial charge in [0.05, 0.1) is 22.9 Å². The van der Waals surface area contributed by atoms with Gasteiger partial charge in [-0.3, -0.25) is 4.79 Å². The number of hydrogen-bond donors (Lipinski definition) is 1. The number of fused-ring (bicyclic) bond motifs is 1. The van der Waals surface area contributed by atoms with Gasteiger partial charge in [0.15, 0.2) is 5.78 Å². The Morgan fingerprint density at radius 3 is 2.92 bits per heavy atom. The maximum absolute atomic E-state index is 12.7. The Hall–Kier alpha value is -2.45. The van der Waals surface area contributed by atoms with E-state index in [1.165, 1.54) is 11.8 Å². The van der Waals surface area contributed by atoms with Gasteiger partial charge in [0, 0.05) is 27.5 Å². The lowest BCUT2D eigenvalue weighted by Gasteiger charge is -1.99. The average molecular weight is 384 g/mol. The van der Waals surface area contributed by atoms with Crippen LogP contribution >= 0.6 is 23.1 Å². The molecular weight excluding hydrogens is 368 g/mol. The normalized spacial score (nSPS) is 11.3. The van der Waals surface area contributed by atoms with Crippen LogP contribution in [0.2, 0.25) is 0 Å². The van der Waals surface area contributed by atoms with E-state index in [0.29, 0.717) is 17.5 Å². The highest BCUT2D eigenvalue weighted by atomic mass is 32.2. The van der Waals surface area contributed by atoms with Gasteiger partial charge in [0.1, 0.15) is 0 Å². The molecule has 3 heterocycles. The van der Waals surface area contributed by atoms with Crippen LogP contribution < -0.4 is 0 Å². The third-order valence-corrected chi connectivity index (χ3v) is 5.59. The molecule has 4 aromatic rings. The number of Topliss-reactive ketones (excluding diaryl/α,β-unsaturated/α-hetero) is 1. The molecule has 0 unspecified atom stereocenters. The van der Waals surface area contributed by atoms with Crippen LogP contribution in [0, 0.1) is 13.8 Å². The minimum Gasteiger partial charge on any atom is -0.416 e. The van der Waals surface area contributed by atoms with Crippen LogP contribution in [0.4, 0.5) is 0 Å². The Morgan fingerprint density at radius 2 is 2.12 bits per heavy atom. The van der Waals surface area contributed by atoms with Gasteiger partial charge in [0.25, 0.3) is 5.22 Å². The van der Waals surface area contributed by atoms with Crippen molar-refractivity contribution >= 4 is 39.8 Å². The summed E-state index contributed by atoms with van der Waals surface area (Å²) in [5.74, 6) is 0.800. The van der Waals surface area contributed by atoms with Crippen molar-refractivity contribution < 1.29 is 9.21 Å². The number of ketones is 1. The first kappa shape index (κ1) is 17.0. The molecule has 0 radical (unpaired) electrons. The number of thioether (sulfide) groups is 1. The summed E-state index contributed by atoms with van der Waals surface area (Å²) in [4.78, 5) is 20.3. The van der Waals surface area contributed by atoms with Crippen LogP contribution in [-0.4, -0.2) is 31.7 Å². The van der Waals surface area contributed by atoms with E-state index in [9.17, 15) is 4.79 Å². The van der Waals surface area contributed by atoms with Gasteiger partial charge in [-0.05, 0) is 19.9 Å². The summed E-state index contributed by atoms with van der Waals surface area (Å²) in [5.41, 5.74) is 3.49. The monoisotopic (exact) mass is 384 g/mol. The van der Waals surface area contributed by atoms with Gasteiger partial charge in [0.2, 0.25) is 5.89 Å². The van der Waals surface area contributed by atoms with Gasteiger partial charge in [-0.25, -0.2) is 4.98 Å².